The normalized spacial score (nSPS) is 10.3. The Bertz CT molecular complexity index is 552. The molecule has 0 saturated heterocycles. The molecule has 2 N–H and O–H groups in total. The first-order valence-corrected chi connectivity index (χ1v) is 5.37. The molecule has 0 fully saturated rings. The number of carbonyl (C=O) groups excluding carboxylic acids is 1. The molecule has 0 bridgehead atoms. The number of hydrogen-bond acceptors (Lipinski definition) is 6. The zero-order chi connectivity index (χ0) is 13.0. The minimum Gasteiger partial charge on any atom is -0.479 e. The summed E-state index contributed by atoms with van der Waals surface area (Å²) >= 11 is 0. The van der Waals surface area contributed by atoms with Crippen molar-refractivity contribution < 1.29 is 9.53 Å². The average Bonchev–Trinajstić information content (AvgIpc) is 2.87. The second-order valence-corrected chi connectivity index (χ2v) is 3.53. The van der Waals surface area contributed by atoms with Gasteiger partial charge < -0.3 is 15.0 Å². The number of carbonyl (C=O) groups is 1. The van der Waals surface area contributed by atoms with E-state index in [1.165, 1.54) is 19.5 Å². The molecule has 2 heterocycles. The summed E-state index contributed by atoms with van der Waals surface area (Å²) in [6.45, 7) is 1.09. The Balaban J connectivity index is 2.29. The minimum absolute atomic E-state index is 0.151. The molecule has 94 valence electrons. The lowest BCUT2D eigenvalue weighted by atomic mass is 10.2. The monoisotopic (exact) mass is 247 g/mol. The van der Waals surface area contributed by atoms with Crippen LogP contribution in [0.1, 0.15) is 16.2 Å². The third kappa shape index (κ3) is 2.35. The van der Waals surface area contributed by atoms with E-state index in [4.69, 9.17) is 10.5 Å². The van der Waals surface area contributed by atoms with Crippen molar-refractivity contribution in [2.24, 2.45) is 5.73 Å². The van der Waals surface area contributed by atoms with Gasteiger partial charge in [-0.15, -0.1) is 0 Å². The molecule has 2 aromatic heterocycles. The van der Waals surface area contributed by atoms with Crippen LogP contribution in [0.3, 0.4) is 0 Å². The summed E-state index contributed by atoms with van der Waals surface area (Å²) in [6, 6.07) is 0. The van der Waals surface area contributed by atoms with Gasteiger partial charge in [-0.2, -0.15) is 0 Å². The maximum Gasteiger partial charge on any atom is 0.243 e. The number of ketones is 1. The van der Waals surface area contributed by atoms with Gasteiger partial charge in [0.15, 0.2) is 5.69 Å². The van der Waals surface area contributed by atoms with E-state index in [0.29, 0.717) is 18.8 Å². The lowest BCUT2D eigenvalue weighted by Gasteiger charge is -2.02. The van der Waals surface area contributed by atoms with Crippen LogP contribution in [-0.4, -0.2) is 39.0 Å². The van der Waals surface area contributed by atoms with Gasteiger partial charge in [0.25, 0.3) is 0 Å². The molecule has 7 heteroatoms. The number of nitrogens with zero attached hydrogens (tertiary/aromatic N) is 4. The smallest absolute Gasteiger partial charge is 0.243 e. The summed E-state index contributed by atoms with van der Waals surface area (Å²) in [7, 11) is 1.44. The van der Waals surface area contributed by atoms with Crippen molar-refractivity contribution >= 4 is 5.78 Å². The number of ether oxygens (including phenoxy) is 1. The Kier molecular flexibility index (Phi) is 3.63. The number of imidazole rings is 1. The standard InChI is InChI=1S/C11H13N5O2/c1-18-11-9(13-3-4-14-11)10(17)8-6-16(5-2-12)7-15-8/h3-4,6-7H,2,5,12H2,1H3. The first-order chi connectivity index (χ1) is 8.76. The molecular weight excluding hydrogens is 234 g/mol. The fourth-order valence-corrected chi connectivity index (χ4v) is 1.50. The fourth-order valence-electron chi connectivity index (χ4n) is 1.50. The molecule has 0 aliphatic carbocycles. The summed E-state index contributed by atoms with van der Waals surface area (Å²) in [5, 5.41) is 0. The van der Waals surface area contributed by atoms with Gasteiger partial charge in [0.2, 0.25) is 11.7 Å². The topological polar surface area (TPSA) is 95.9 Å². The lowest BCUT2D eigenvalue weighted by Crippen LogP contribution is -2.09. The largest absolute Gasteiger partial charge is 0.479 e. The molecule has 0 spiro atoms. The van der Waals surface area contributed by atoms with Crippen LogP contribution in [0.4, 0.5) is 0 Å². The Labute approximate surface area is 104 Å². The molecule has 2 aromatic rings. The second-order valence-electron chi connectivity index (χ2n) is 3.53. The van der Waals surface area contributed by atoms with Gasteiger partial charge in [0.05, 0.1) is 13.4 Å². The van der Waals surface area contributed by atoms with Crippen molar-refractivity contribution in [3.8, 4) is 5.88 Å². The molecule has 0 atom stereocenters. The molecule has 0 radical (unpaired) electrons. The molecule has 0 aromatic carbocycles. The molecule has 0 aliphatic heterocycles. The van der Waals surface area contributed by atoms with Crippen LogP contribution in [0.5, 0.6) is 5.88 Å². The molecule has 0 unspecified atom stereocenters. The average molecular weight is 247 g/mol. The Morgan fingerprint density at radius 1 is 1.39 bits per heavy atom. The van der Waals surface area contributed by atoms with Gasteiger partial charge in [-0.05, 0) is 0 Å². The van der Waals surface area contributed by atoms with Gasteiger partial charge in [0, 0.05) is 31.7 Å². The highest BCUT2D eigenvalue weighted by molar-refractivity contribution is 6.07. The van der Waals surface area contributed by atoms with E-state index in [9.17, 15) is 4.79 Å². The van der Waals surface area contributed by atoms with Crippen molar-refractivity contribution in [3.05, 3.63) is 36.3 Å². The predicted molar refractivity (Wildman–Crippen MR) is 63.3 cm³/mol. The Morgan fingerprint density at radius 2 is 2.17 bits per heavy atom. The van der Waals surface area contributed by atoms with Crippen molar-refractivity contribution in [1.29, 1.82) is 0 Å². The first kappa shape index (κ1) is 12.2. The summed E-state index contributed by atoms with van der Waals surface area (Å²) in [5.41, 5.74) is 5.87. The predicted octanol–water partition coefficient (Wildman–Crippen LogP) is -0.129. The maximum absolute atomic E-state index is 12.2. The number of hydrogen-bond donors (Lipinski definition) is 1. The fraction of sp³-hybridized carbons (Fsp3) is 0.273. The molecule has 7 nitrogen and oxygen atoms in total. The van der Waals surface area contributed by atoms with Crippen LogP contribution >= 0.6 is 0 Å². The number of nitrogens with two attached hydrogens (primary N) is 1. The van der Waals surface area contributed by atoms with E-state index < -0.39 is 0 Å². The SMILES string of the molecule is COc1nccnc1C(=O)c1cn(CCN)cn1. The van der Waals surface area contributed by atoms with E-state index in [-0.39, 0.29) is 17.4 Å². The van der Waals surface area contributed by atoms with Crippen LogP contribution in [0.15, 0.2) is 24.9 Å². The summed E-state index contributed by atoms with van der Waals surface area (Å²) < 4.78 is 6.74. The maximum atomic E-state index is 12.2. The van der Waals surface area contributed by atoms with E-state index in [0.717, 1.165) is 0 Å². The van der Waals surface area contributed by atoms with Crippen LogP contribution < -0.4 is 10.5 Å². The minimum atomic E-state index is -0.323. The summed E-state index contributed by atoms with van der Waals surface area (Å²) in [6.07, 6.45) is 6.08. The molecule has 18 heavy (non-hydrogen) atoms. The van der Waals surface area contributed by atoms with Gasteiger partial charge in [-0.25, -0.2) is 15.0 Å². The molecule has 0 saturated carbocycles. The van der Waals surface area contributed by atoms with Crippen molar-refractivity contribution in [2.75, 3.05) is 13.7 Å². The molecular formula is C11H13N5O2. The van der Waals surface area contributed by atoms with Crippen molar-refractivity contribution in [1.82, 2.24) is 19.5 Å². The summed E-state index contributed by atoms with van der Waals surface area (Å²) in [4.78, 5) is 24.1. The number of rotatable bonds is 5. The Morgan fingerprint density at radius 3 is 2.89 bits per heavy atom. The van der Waals surface area contributed by atoms with Gasteiger partial charge in [-0.1, -0.05) is 0 Å². The van der Waals surface area contributed by atoms with Gasteiger partial charge in [0.1, 0.15) is 5.69 Å². The molecule has 0 aliphatic rings. The first-order valence-electron chi connectivity index (χ1n) is 5.37. The highest BCUT2D eigenvalue weighted by Gasteiger charge is 2.19. The zero-order valence-corrected chi connectivity index (χ0v) is 9.91. The third-order valence-corrected chi connectivity index (χ3v) is 2.33. The van der Waals surface area contributed by atoms with Gasteiger partial charge in [-0.3, -0.25) is 4.79 Å². The van der Waals surface area contributed by atoms with E-state index in [1.807, 2.05) is 0 Å². The van der Waals surface area contributed by atoms with Crippen LogP contribution in [-0.2, 0) is 6.54 Å². The molecule has 2 rings (SSSR count). The van der Waals surface area contributed by atoms with Crippen LogP contribution in [0, 0.1) is 0 Å². The number of aromatic nitrogens is 4. The zero-order valence-electron chi connectivity index (χ0n) is 9.91. The second kappa shape index (κ2) is 5.37. The van der Waals surface area contributed by atoms with E-state index in [2.05, 4.69) is 15.0 Å². The summed E-state index contributed by atoms with van der Waals surface area (Å²) in [5.74, 6) is -0.133. The third-order valence-electron chi connectivity index (χ3n) is 2.33. The number of methoxy groups -OCH3 is 1. The van der Waals surface area contributed by atoms with Crippen molar-refractivity contribution in [3.63, 3.8) is 0 Å². The van der Waals surface area contributed by atoms with Crippen LogP contribution in [0.25, 0.3) is 0 Å². The van der Waals surface area contributed by atoms with E-state index in [1.54, 1.807) is 17.1 Å². The highest BCUT2D eigenvalue weighted by atomic mass is 16.5. The van der Waals surface area contributed by atoms with E-state index >= 15 is 0 Å². The lowest BCUT2D eigenvalue weighted by molar-refractivity contribution is 0.102. The Hall–Kier alpha value is -2.28. The van der Waals surface area contributed by atoms with Crippen LogP contribution in [0.2, 0.25) is 0 Å². The van der Waals surface area contributed by atoms with Crippen molar-refractivity contribution in [2.45, 2.75) is 6.54 Å². The van der Waals surface area contributed by atoms with Gasteiger partial charge >= 0.3 is 0 Å². The highest BCUT2D eigenvalue weighted by Crippen LogP contribution is 2.14. The molecule has 0 amide bonds. The quantitative estimate of drug-likeness (QED) is 0.739.